The summed E-state index contributed by atoms with van der Waals surface area (Å²) in [5, 5.41) is 0. The van der Waals surface area contributed by atoms with Crippen LogP contribution in [0.5, 0.6) is 5.75 Å². The number of carbonyl (C=O) groups excluding carboxylic acids is 1. The Hall–Kier alpha value is -2.34. The molecule has 1 heterocycles. The Balaban J connectivity index is 1.84. The van der Waals surface area contributed by atoms with E-state index in [1.807, 2.05) is 0 Å². The van der Waals surface area contributed by atoms with Gasteiger partial charge in [0, 0.05) is 13.1 Å². The molecule has 1 amide bonds. The Morgan fingerprint density at radius 1 is 1.38 bits per heavy atom. The highest BCUT2D eigenvalue weighted by molar-refractivity contribution is 5.91. The number of carbonyl (C=O) groups is 1. The molecule has 2 N–H and O–H groups in total. The van der Waals surface area contributed by atoms with Gasteiger partial charge in [0.1, 0.15) is 23.9 Å². The van der Waals surface area contributed by atoms with Gasteiger partial charge in [-0.1, -0.05) is 6.07 Å². The normalized spacial score (nSPS) is 10.4. The lowest BCUT2D eigenvalue weighted by Gasteiger charge is -2.16. The van der Waals surface area contributed by atoms with E-state index in [-0.39, 0.29) is 30.6 Å². The maximum absolute atomic E-state index is 13.0. The summed E-state index contributed by atoms with van der Waals surface area (Å²) in [6.45, 7) is 0.865. The number of ether oxygens (including phenoxy) is 1. The summed E-state index contributed by atoms with van der Waals surface area (Å²) in [5.41, 5.74) is 5.43. The van der Waals surface area contributed by atoms with E-state index in [0.717, 1.165) is 0 Å². The van der Waals surface area contributed by atoms with Crippen molar-refractivity contribution in [3.05, 3.63) is 53.7 Å². The van der Waals surface area contributed by atoms with Gasteiger partial charge in [0.05, 0.1) is 13.1 Å². The topological polar surface area (TPSA) is 68.7 Å². The molecule has 2 aromatic rings. The Morgan fingerprint density at radius 3 is 2.86 bits per heavy atom. The van der Waals surface area contributed by atoms with E-state index in [9.17, 15) is 9.18 Å². The van der Waals surface area contributed by atoms with Crippen molar-refractivity contribution < 1.29 is 18.3 Å². The van der Waals surface area contributed by atoms with Gasteiger partial charge >= 0.3 is 0 Å². The van der Waals surface area contributed by atoms with E-state index in [1.165, 1.54) is 17.0 Å². The molecule has 0 aliphatic carbocycles. The van der Waals surface area contributed by atoms with Gasteiger partial charge in [-0.2, -0.15) is 0 Å². The average Bonchev–Trinajstić information content (AvgIpc) is 2.95. The minimum atomic E-state index is -0.359. The van der Waals surface area contributed by atoms with Crippen molar-refractivity contribution in [1.82, 2.24) is 4.90 Å². The van der Waals surface area contributed by atoms with Gasteiger partial charge in [0.2, 0.25) is 0 Å². The lowest BCUT2D eigenvalue weighted by Crippen LogP contribution is -2.30. The molecule has 6 heteroatoms. The van der Waals surface area contributed by atoms with Crippen LogP contribution in [0.1, 0.15) is 16.3 Å². The summed E-state index contributed by atoms with van der Waals surface area (Å²) in [7, 11) is 1.64. The quantitative estimate of drug-likeness (QED) is 0.884. The standard InChI is InChI=1S/C15H17FN2O3/c1-18(15(19)14-6-5-13(10-17)21-14)7-8-20-12-4-2-3-11(16)9-12/h2-6,9H,7-8,10,17H2,1H3. The molecule has 0 fully saturated rings. The molecule has 0 aliphatic heterocycles. The van der Waals surface area contributed by atoms with Crippen LogP contribution >= 0.6 is 0 Å². The van der Waals surface area contributed by atoms with Crippen LogP contribution in [0.25, 0.3) is 0 Å². The molecule has 1 aromatic heterocycles. The smallest absolute Gasteiger partial charge is 0.289 e. The molecule has 112 valence electrons. The van der Waals surface area contributed by atoms with Crippen molar-refractivity contribution in [2.24, 2.45) is 5.73 Å². The van der Waals surface area contributed by atoms with E-state index in [4.69, 9.17) is 14.9 Å². The van der Waals surface area contributed by atoms with Gasteiger partial charge in [-0.15, -0.1) is 0 Å². The van der Waals surface area contributed by atoms with Crippen molar-refractivity contribution in [2.45, 2.75) is 6.54 Å². The molecule has 0 aliphatic rings. The molecule has 21 heavy (non-hydrogen) atoms. The van der Waals surface area contributed by atoms with E-state index in [0.29, 0.717) is 18.1 Å². The van der Waals surface area contributed by atoms with Crippen LogP contribution < -0.4 is 10.5 Å². The number of rotatable bonds is 6. The fourth-order valence-corrected chi connectivity index (χ4v) is 1.75. The second kappa shape index (κ2) is 6.90. The zero-order chi connectivity index (χ0) is 15.2. The summed E-state index contributed by atoms with van der Waals surface area (Å²) in [6.07, 6.45) is 0. The SMILES string of the molecule is CN(CCOc1cccc(F)c1)C(=O)c1ccc(CN)o1. The number of halogens is 1. The predicted molar refractivity (Wildman–Crippen MR) is 75.5 cm³/mol. The fraction of sp³-hybridized carbons (Fsp3) is 0.267. The first-order valence-electron chi connectivity index (χ1n) is 6.53. The second-order valence-corrected chi connectivity index (χ2v) is 4.50. The largest absolute Gasteiger partial charge is 0.492 e. The van der Waals surface area contributed by atoms with Crippen molar-refractivity contribution in [3.8, 4) is 5.75 Å². The summed E-state index contributed by atoms with van der Waals surface area (Å²) in [6, 6.07) is 9.12. The first kappa shape index (κ1) is 15.1. The molecule has 0 radical (unpaired) electrons. The Labute approximate surface area is 122 Å². The van der Waals surface area contributed by atoms with Crippen LogP contribution in [0, 0.1) is 5.82 Å². The molecule has 0 saturated heterocycles. The molecule has 5 nitrogen and oxygen atoms in total. The molecule has 0 bridgehead atoms. The predicted octanol–water partition coefficient (Wildman–Crippen LogP) is 2.03. The lowest BCUT2D eigenvalue weighted by atomic mass is 10.3. The highest BCUT2D eigenvalue weighted by Gasteiger charge is 2.15. The van der Waals surface area contributed by atoms with Gasteiger partial charge in [-0.25, -0.2) is 4.39 Å². The lowest BCUT2D eigenvalue weighted by molar-refractivity contribution is 0.0740. The Morgan fingerprint density at radius 2 is 2.19 bits per heavy atom. The third-order valence-corrected chi connectivity index (χ3v) is 2.91. The maximum atomic E-state index is 13.0. The van der Waals surface area contributed by atoms with Gasteiger partial charge < -0.3 is 19.8 Å². The Bertz CT molecular complexity index is 612. The molecule has 0 saturated carbocycles. The minimum Gasteiger partial charge on any atom is -0.492 e. The molecule has 0 atom stereocenters. The van der Waals surface area contributed by atoms with Crippen molar-refractivity contribution >= 4 is 5.91 Å². The molecular weight excluding hydrogens is 275 g/mol. The third kappa shape index (κ3) is 4.06. The number of benzene rings is 1. The number of likely N-dealkylation sites (N-methyl/N-ethyl adjacent to an activating group) is 1. The molecule has 2 rings (SSSR count). The van der Waals surface area contributed by atoms with E-state index in [2.05, 4.69) is 0 Å². The zero-order valence-corrected chi connectivity index (χ0v) is 11.7. The van der Waals surface area contributed by atoms with E-state index < -0.39 is 0 Å². The number of nitrogens with two attached hydrogens (primary N) is 1. The summed E-state index contributed by atoms with van der Waals surface area (Å²) >= 11 is 0. The highest BCUT2D eigenvalue weighted by atomic mass is 19.1. The number of hydrogen-bond acceptors (Lipinski definition) is 4. The zero-order valence-electron chi connectivity index (χ0n) is 11.7. The highest BCUT2D eigenvalue weighted by Crippen LogP contribution is 2.12. The Kier molecular flexibility index (Phi) is 4.94. The summed E-state index contributed by atoms with van der Waals surface area (Å²) in [4.78, 5) is 13.5. The van der Waals surface area contributed by atoms with Crippen LogP contribution in [-0.2, 0) is 6.54 Å². The summed E-state index contributed by atoms with van der Waals surface area (Å²) < 4.78 is 23.6. The number of amides is 1. The molecule has 0 spiro atoms. The molecule has 1 aromatic carbocycles. The average molecular weight is 292 g/mol. The molecular formula is C15H17FN2O3. The first-order valence-corrected chi connectivity index (χ1v) is 6.53. The number of nitrogens with zero attached hydrogens (tertiary/aromatic N) is 1. The van der Waals surface area contributed by atoms with Gasteiger partial charge in [-0.3, -0.25) is 4.79 Å². The van der Waals surface area contributed by atoms with Crippen LogP contribution in [0.4, 0.5) is 4.39 Å². The van der Waals surface area contributed by atoms with Crippen molar-refractivity contribution in [3.63, 3.8) is 0 Å². The first-order chi connectivity index (χ1) is 10.1. The van der Waals surface area contributed by atoms with Crippen LogP contribution in [-0.4, -0.2) is 31.0 Å². The fourth-order valence-electron chi connectivity index (χ4n) is 1.75. The monoisotopic (exact) mass is 292 g/mol. The van der Waals surface area contributed by atoms with Crippen molar-refractivity contribution in [1.29, 1.82) is 0 Å². The maximum Gasteiger partial charge on any atom is 0.289 e. The van der Waals surface area contributed by atoms with E-state index in [1.54, 1.807) is 31.3 Å². The van der Waals surface area contributed by atoms with Crippen LogP contribution in [0.15, 0.2) is 40.8 Å². The second-order valence-electron chi connectivity index (χ2n) is 4.50. The molecule has 0 unspecified atom stereocenters. The van der Waals surface area contributed by atoms with Gasteiger partial charge in [0.15, 0.2) is 5.76 Å². The van der Waals surface area contributed by atoms with E-state index >= 15 is 0 Å². The van der Waals surface area contributed by atoms with Gasteiger partial charge in [0.25, 0.3) is 5.91 Å². The summed E-state index contributed by atoms with van der Waals surface area (Å²) in [5.74, 6) is 0.616. The van der Waals surface area contributed by atoms with Crippen molar-refractivity contribution in [2.75, 3.05) is 20.2 Å². The third-order valence-electron chi connectivity index (χ3n) is 2.91. The van der Waals surface area contributed by atoms with Gasteiger partial charge in [-0.05, 0) is 24.3 Å². The number of hydrogen-bond donors (Lipinski definition) is 1. The van der Waals surface area contributed by atoms with Crippen LogP contribution in [0.2, 0.25) is 0 Å². The number of furan rings is 1. The minimum absolute atomic E-state index is 0.240. The van der Waals surface area contributed by atoms with Crippen LogP contribution in [0.3, 0.4) is 0 Å².